The fourth-order valence-corrected chi connectivity index (χ4v) is 3.97. The van der Waals surface area contributed by atoms with Crippen LogP contribution in [0, 0.1) is 11.8 Å². The number of sulfonamides is 1. The van der Waals surface area contributed by atoms with E-state index in [0.717, 1.165) is 16.7 Å². The number of nitrogens with zero attached hydrogens (tertiary/aromatic N) is 1. The van der Waals surface area contributed by atoms with Gasteiger partial charge in [0.25, 0.3) is 0 Å². The molecule has 3 aromatic carbocycles. The van der Waals surface area contributed by atoms with Gasteiger partial charge >= 0.3 is 0 Å². The lowest BCUT2D eigenvalue weighted by molar-refractivity contribution is 0.491. The molecule has 1 aromatic heterocycles. The molecule has 0 saturated heterocycles. The van der Waals surface area contributed by atoms with Crippen LogP contribution in [0.1, 0.15) is 29.9 Å². The third-order valence-electron chi connectivity index (χ3n) is 5.25. The molecular formula is C26H23N3O3S. The molecule has 4 aromatic rings. The zero-order valence-electron chi connectivity index (χ0n) is 18.0. The van der Waals surface area contributed by atoms with Gasteiger partial charge in [0.15, 0.2) is 5.76 Å². The first-order valence-corrected chi connectivity index (χ1v) is 11.9. The van der Waals surface area contributed by atoms with E-state index in [9.17, 15) is 8.42 Å². The molecule has 0 spiro atoms. The molecule has 0 aliphatic carbocycles. The van der Waals surface area contributed by atoms with Crippen LogP contribution < -0.4 is 10.9 Å². The van der Waals surface area contributed by atoms with E-state index in [1.807, 2.05) is 61.5 Å². The fourth-order valence-electron chi connectivity index (χ4n) is 3.46. The average molecular weight is 458 g/mol. The Morgan fingerprint density at radius 1 is 0.939 bits per heavy atom. The van der Waals surface area contributed by atoms with Crippen molar-refractivity contribution in [3.05, 3.63) is 95.9 Å². The fraction of sp³-hybridized carbons (Fsp3) is 0.115. The Labute approximate surface area is 193 Å². The quantitative estimate of drug-likeness (QED) is 0.438. The van der Waals surface area contributed by atoms with Gasteiger partial charge in [-0.25, -0.2) is 18.5 Å². The molecule has 0 amide bonds. The van der Waals surface area contributed by atoms with Crippen molar-refractivity contribution >= 4 is 10.0 Å². The Kier molecular flexibility index (Phi) is 6.43. The number of aromatic nitrogens is 1. The van der Waals surface area contributed by atoms with E-state index in [1.54, 1.807) is 12.1 Å². The third-order valence-corrected chi connectivity index (χ3v) is 6.18. The van der Waals surface area contributed by atoms with Gasteiger partial charge in [-0.05, 0) is 48.9 Å². The Bertz CT molecular complexity index is 1410. The van der Waals surface area contributed by atoms with E-state index < -0.39 is 10.0 Å². The lowest BCUT2D eigenvalue weighted by Crippen LogP contribution is -2.11. The molecule has 0 saturated carbocycles. The topological polar surface area (TPSA) is 112 Å². The van der Waals surface area contributed by atoms with Gasteiger partial charge in [0.1, 0.15) is 5.69 Å². The number of oxazole rings is 1. The summed E-state index contributed by atoms with van der Waals surface area (Å²) in [4.78, 5) is 4.86. The van der Waals surface area contributed by atoms with Gasteiger partial charge in [-0.15, -0.1) is 0 Å². The number of hydrogen-bond acceptors (Lipinski definition) is 5. The van der Waals surface area contributed by atoms with Crippen LogP contribution in [0.4, 0.5) is 0 Å². The Morgan fingerprint density at radius 3 is 2.21 bits per heavy atom. The van der Waals surface area contributed by atoms with Crippen LogP contribution in [0.15, 0.2) is 88.2 Å². The molecule has 4 N–H and O–H groups in total. The summed E-state index contributed by atoms with van der Waals surface area (Å²) in [6, 6.07) is 23.9. The summed E-state index contributed by atoms with van der Waals surface area (Å²) in [5.74, 6) is 6.87. The predicted octanol–water partition coefficient (Wildman–Crippen LogP) is 4.12. The molecule has 166 valence electrons. The molecular weight excluding hydrogens is 434 g/mol. The summed E-state index contributed by atoms with van der Waals surface area (Å²) in [5.41, 5.74) is 9.66. The maximum Gasteiger partial charge on any atom is 0.238 e. The lowest BCUT2D eigenvalue weighted by atomic mass is 10.00. The first kappa shape index (κ1) is 22.5. The molecule has 1 unspecified atom stereocenters. The highest BCUT2D eigenvalue weighted by atomic mass is 32.2. The van der Waals surface area contributed by atoms with Gasteiger partial charge in [-0.3, -0.25) is 0 Å². The Hall–Kier alpha value is -3.70. The molecule has 0 aliphatic rings. The van der Waals surface area contributed by atoms with Crippen LogP contribution in [0.5, 0.6) is 0 Å². The molecule has 0 fully saturated rings. The summed E-state index contributed by atoms with van der Waals surface area (Å²) < 4.78 is 29.5. The second-order valence-electron chi connectivity index (χ2n) is 7.51. The average Bonchev–Trinajstić information content (AvgIpc) is 3.28. The molecule has 0 radical (unpaired) electrons. The second-order valence-corrected chi connectivity index (χ2v) is 9.08. The van der Waals surface area contributed by atoms with Crippen LogP contribution in [0.2, 0.25) is 0 Å². The van der Waals surface area contributed by atoms with E-state index in [1.165, 1.54) is 12.1 Å². The molecule has 1 atom stereocenters. The summed E-state index contributed by atoms with van der Waals surface area (Å²) in [5, 5.41) is 5.23. The van der Waals surface area contributed by atoms with Crippen molar-refractivity contribution in [3.63, 3.8) is 0 Å². The van der Waals surface area contributed by atoms with E-state index >= 15 is 0 Å². The van der Waals surface area contributed by atoms with Crippen LogP contribution in [-0.4, -0.2) is 19.9 Å². The normalized spacial score (nSPS) is 12.1. The second kappa shape index (κ2) is 9.43. The number of rotatable bonds is 5. The lowest BCUT2D eigenvalue weighted by Gasteiger charge is -2.08. The van der Waals surface area contributed by atoms with Crippen molar-refractivity contribution in [1.29, 1.82) is 0 Å². The minimum atomic E-state index is -3.78. The zero-order chi connectivity index (χ0) is 23.4. The van der Waals surface area contributed by atoms with Crippen LogP contribution in [-0.2, 0) is 10.0 Å². The monoisotopic (exact) mass is 457 g/mol. The standard InChI is InChI=1S/C26H23N3O3S/c1-18(20-11-9-19(10-12-20)6-5-17-27)26-29-24(21-7-3-2-4-8-21)25(32-26)22-13-15-23(16-14-22)33(28,30)31/h2-4,7-16,18H,17,27H2,1H3,(H2,28,30,31). The minimum absolute atomic E-state index is 0.0402. The van der Waals surface area contributed by atoms with Crippen molar-refractivity contribution in [2.75, 3.05) is 6.54 Å². The van der Waals surface area contributed by atoms with Crippen molar-refractivity contribution in [1.82, 2.24) is 4.98 Å². The molecule has 6 nitrogen and oxygen atoms in total. The van der Waals surface area contributed by atoms with Gasteiger partial charge < -0.3 is 10.2 Å². The van der Waals surface area contributed by atoms with Crippen LogP contribution in [0.25, 0.3) is 22.6 Å². The van der Waals surface area contributed by atoms with Gasteiger partial charge in [0, 0.05) is 16.7 Å². The number of benzene rings is 3. The van der Waals surface area contributed by atoms with Crippen molar-refractivity contribution in [2.45, 2.75) is 17.7 Å². The van der Waals surface area contributed by atoms with Gasteiger partial charge in [-0.2, -0.15) is 0 Å². The van der Waals surface area contributed by atoms with Crippen LogP contribution in [0.3, 0.4) is 0 Å². The highest BCUT2D eigenvalue weighted by molar-refractivity contribution is 7.89. The zero-order valence-corrected chi connectivity index (χ0v) is 18.8. The number of hydrogen-bond donors (Lipinski definition) is 2. The smallest absolute Gasteiger partial charge is 0.238 e. The molecule has 4 rings (SSSR count). The van der Waals surface area contributed by atoms with E-state index in [4.69, 9.17) is 20.3 Å². The number of primary sulfonamides is 1. The molecule has 1 heterocycles. The van der Waals surface area contributed by atoms with Gasteiger partial charge in [-0.1, -0.05) is 54.3 Å². The molecule has 0 aliphatic heterocycles. The predicted molar refractivity (Wildman–Crippen MR) is 129 cm³/mol. The van der Waals surface area contributed by atoms with Crippen LogP contribution >= 0.6 is 0 Å². The van der Waals surface area contributed by atoms with Crippen molar-refractivity contribution in [3.8, 4) is 34.4 Å². The van der Waals surface area contributed by atoms with Crippen molar-refractivity contribution < 1.29 is 12.8 Å². The SMILES string of the molecule is CC(c1ccc(C#CCN)cc1)c1nc(-c2ccccc2)c(-c2ccc(S(N)(=O)=O)cc2)o1. The van der Waals surface area contributed by atoms with E-state index in [-0.39, 0.29) is 10.8 Å². The van der Waals surface area contributed by atoms with Gasteiger partial charge in [0.05, 0.1) is 17.4 Å². The number of nitrogens with two attached hydrogens (primary N) is 2. The molecule has 0 bridgehead atoms. The first-order chi connectivity index (χ1) is 15.9. The van der Waals surface area contributed by atoms with E-state index in [2.05, 4.69) is 11.8 Å². The minimum Gasteiger partial charge on any atom is -0.439 e. The highest BCUT2D eigenvalue weighted by Gasteiger charge is 2.22. The van der Waals surface area contributed by atoms with Crippen molar-refractivity contribution in [2.24, 2.45) is 10.9 Å². The van der Waals surface area contributed by atoms with E-state index in [0.29, 0.717) is 29.5 Å². The molecule has 7 heteroatoms. The third kappa shape index (κ3) is 5.04. The summed E-state index contributed by atoms with van der Waals surface area (Å²) in [6.45, 7) is 2.34. The largest absolute Gasteiger partial charge is 0.439 e. The van der Waals surface area contributed by atoms with Gasteiger partial charge in [0.2, 0.25) is 15.9 Å². The summed E-state index contributed by atoms with van der Waals surface area (Å²) in [6.07, 6.45) is 0. The molecule has 33 heavy (non-hydrogen) atoms. The Morgan fingerprint density at radius 2 is 1.61 bits per heavy atom. The maximum atomic E-state index is 11.6. The first-order valence-electron chi connectivity index (χ1n) is 10.3. The Balaban J connectivity index is 1.75. The summed E-state index contributed by atoms with van der Waals surface area (Å²) in [7, 11) is -3.78. The summed E-state index contributed by atoms with van der Waals surface area (Å²) >= 11 is 0. The maximum absolute atomic E-state index is 11.6. The highest BCUT2D eigenvalue weighted by Crippen LogP contribution is 2.36.